The molecule has 1 aliphatic carbocycles. The molecule has 0 aliphatic heterocycles. The molecule has 0 N–H and O–H groups in total. The highest BCUT2D eigenvalue weighted by atomic mass is 32.2. The first kappa shape index (κ1) is 24.7. The summed E-state index contributed by atoms with van der Waals surface area (Å²) in [6.07, 6.45) is 4.25. The molecule has 182 valence electrons. The van der Waals surface area contributed by atoms with Crippen molar-refractivity contribution in [1.82, 2.24) is 0 Å². The van der Waals surface area contributed by atoms with Crippen LogP contribution in [-0.4, -0.2) is 10.5 Å². The monoisotopic (exact) mass is 509 g/mol. The van der Waals surface area contributed by atoms with Gasteiger partial charge in [0.25, 0.3) is 0 Å². The first-order valence-corrected chi connectivity index (χ1v) is 14.3. The number of rotatable bonds is 8. The van der Waals surface area contributed by atoms with Gasteiger partial charge in [-0.25, -0.2) is 4.99 Å². The molecule has 0 heterocycles. The predicted octanol–water partition coefficient (Wildman–Crippen LogP) is 9.20. The highest BCUT2D eigenvalue weighted by Crippen LogP contribution is 2.39. The Balaban J connectivity index is 1.46. The van der Waals surface area contributed by atoms with E-state index in [-0.39, 0.29) is 4.58 Å². The first-order valence-electron chi connectivity index (χ1n) is 12.5. The Labute approximate surface area is 223 Å². The van der Waals surface area contributed by atoms with Crippen molar-refractivity contribution in [1.29, 1.82) is 0 Å². The maximum atomic E-state index is 6.41. The molecule has 1 aliphatic rings. The molecule has 4 aromatic rings. The summed E-state index contributed by atoms with van der Waals surface area (Å²) < 4.78 is 6.61. The summed E-state index contributed by atoms with van der Waals surface area (Å²) in [5, 5.41) is 0. The van der Waals surface area contributed by atoms with E-state index < -0.39 is 0 Å². The molecule has 5 rings (SSSR count). The zero-order chi connectivity index (χ0) is 24.7. The maximum absolute atomic E-state index is 6.41. The third-order valence-electron chi connectivity index (χ3n) is 6.17. The van der Waals surface area contributed by atoms with E-state index in [1.54, 1.807) is 0 Å². The van der Waals surface area contributed by atoms with Crippen molar-refractivity contribution in [2.75, 3.05) is 0 Å². The van der Waals surface area contributed by atoms with Crippen LogP contribution < -0.4 is 4.74 Å². The number of benzene rings is 4. The van der Waals surface area contributed by atoms with Gasteiger partial charge in [0.15, 0.2) is 5.90 Å². The van der Waals surface area contributed by atoms with Crippen molar-refractivity contribution in [2.45, 2.75) is 53.9 Å². The fourth-order valence-electron chi connectivity index (χ4n) is 4.44. The smallest absolute Gasteiger partial charge is 0.197 e. The Bertz CT molecular complexity index is 1300. The zero-order valence-corrected chi connectivity index (χ0v) is 22.4. The SMILES string of the molecule is Cc1cccc(SC(C/C(=N/c2ccc3c(c2)CCC3)Oc2ccccc2)Sc2cccc(C)c2)c1. The van der Waals surface area contributed by atoms with Gasteiger partial charge < -0.3 is 4.74 Å². The van der Waals surface area contributed by atoms with E-state index in [1.165, 1.54) is 44.9 Å². The molecule has 4 heteroatoms. The molecule has 0 amide bonds. The number of hydrogen-bond donors (Lipinski definition) is 0. The van der Waals surface area contributed by atoms with Crippen molar-refractivity contribution >= 4 is 35.1 Å². The minimum atomic E-state index is 0.200. The number of aryl methyl sites for hydroxylation is 4. The van der Waals surface area contributed by atoms with Crippen LogP contribution in [0.25, 0.3) is 0 Å². The van der Waals surface area contributed by atoms with Gasteiger partial charge in [-0.3, -0.25) is 0 Å². The third kappa shape index (κ3) is 6.83. The van der Waals surface area contributed by atoms with Gasteiger partial charge in [0.1, 0.15) is 5.75 Å². The van der Waals surface area contributed by atoms with Crippen LogP contribution in [0.2, 0.25) is 0 Å². The number of ether oxygens (including phenoxy) is 1. The van der Waals surface area contributed by atoms with E-state index >= 15 is 0 Å². The quantitative estimate of drug-likeness (QED) is 0.102. The molecule has 0 saturated heterocycles. The van der Waals surface area contributed by atoms with Gasteiger partial charge in [-0.1, -0.05) is 59.7 Å². The van der Waals surface area contributed by atoms with Crippen LogP contribution in [0.1, 0.15) is 35.1 Å². The molecule has 0 unspecified atom stereocenters. The number of thioether (sulfide) groups is 2. The summed E-state index contributed by atoms with van der Waals surface area (Å²) in [6.45, 7) is 4.29. The van der Waals surface area contributed by atoms with Gasteiger partial charge in [-0.05, 0) is 92.8 Å². The standard InChI is InChI=1S/C32H31NOS2/c1-23-9-6-15-29(19-23)35-32(36-30-16-7-10-24(2)20-30)22-31(34-28-13-4-3-5-14-28)33-27-18-17-25-11-8-12-26(25)21-27/h3-7,9-10,13-21,32H,8,11-12,22H2,1-2H3/b33-31-. The molecule has 0 fully saturated rings. The number of para-hydroxylation sites is 1. The molecular weight excluding hydrogens is 478 g/mol. The van der Waals surface area contributed by atoms with Gasteiger partial charge in [0.2, 0.25) is 0 Å². The van der Waals surface area contributed by atoms with E-state index in [1.807, 2.05) is 53.9 Å². The average Bonchev–Trinajstić information content (AvgIpc) is 3.33. The average molecular weight is 510 g/mol. The molecule has 0 atom stereocenters. The fourth-order valence-corrected chi connectivity index (χ4v) is 7.18. The van der Waals surface area contributed by atoms with E-state index in [4.69, 9.17) is 9.73 Å². The van der Waals surface area contributed by atoms with Gasteiger partial charge >= 0.3 is 0 Å². The Hall–Kier alpha value is -2.95. The van der Waals surface area contributed by atoms with Crippen molar-refractivity contribution < 1.29 is 4.74 Å². The number of aliphatic imine (C=N–C) groups is 1. The minimum absolute atomic E-state index is 0.200. The molecule has 0 radical (unpaired) electrons. The third-order valence-corrected chi connectivity index (χ3v) is 8.66. The Kier molecular flexibility index (Phi) is 8.15. The van der Waals surface area contributed by atoms with Gasteiger partial charge in [0, 0.05) is 16.2 Å². The fraction of sp³-hybridized carbons (Fsp3) is 0.219. The van der Waals surface area contributed by atoms with E-state index in [0.29, 0.717) is 6.42 Å². The molecule has 36 heavy (non-hydrogen) atoms. The van der Waals surface area contributed by atoms with E-state index in [2.05, 4.69) is 80.6 Å². The van der Waals surface area contributed by atoms with Crippen LogP contribution in [-0.2, 0) is 12.8 Å². The van der Waals surface area contributed by atoms with Crippen LogP contribution in [0.4, 0.5) is 5.69 Å². The lowest BCUT2D eigenvalue weighted by Gasteiger charge is -2.19. The van der Waals surface area contributed by atoms with Gasteiger partial charge in [0.05, 0.1) is 10.3 Å². The number of fused-ring (bicyclic) bond motifs is 1. The number of nitrogens with zero attached hydrogens (tertiary/aromatic N) is 1. The molecule has 4 aromatic carbocycles. The Morgan fingerprint density at radius 3 is 2.08 bits per heavy atom. The second-order valence-electron chi connectivity index (χ2n) is 9.23. The topological polar surface area (TPSA) is 21.6 Å². The van der Waals surface area contributed by atoms with Gasteiger partial charge in [-0.2, -0.15) is 0 Å². The molecule has 0 aromatic heterocycles. The molecule has 2 nitrogen and oxygen atoms in total. The highest BCUT2D eigenvalue weighted by molar-refractivity contribution is 8.17. The van der Waals surface area contributed by atoms with Crippen LogP contribution in [0.5, 0.6) is 5.75 Å². The van der Waals surface area contributed by atoms with Crippen molar-refractivity contribution in [2.24, 2.45) is 4.99 Å². The Morgan fingerprint density at radius 1 is 0.750 bits per heavy atom. The molecule has 0 saturated carbocycles. The molecular formula is C32H31NOS2. The Morgan fingerprint density at radius 2 is 1.42 bits per heavy atom. The second-order valence-corrected chi connectivity index (χ2v) is 12.1. The summed E-state index contributed by atoms with van der Waals surface area (Å²) in [7, 11) is 0. The summed E-state index contributed by atoms with van der Waals surface area (Å²) in [4.78, 5) is 7.58. The van der Waals surface area contributed by atoms with Crippen LogP contribution in [0, 0.1) is 13.8 Å². The predicted molar refractivity (Wildman–Crippen MR) is 155 cm³/mol. The maximum Gasteiger partial charge on any atom is 0.197 e. The van der Waals surface area contributed by atoms with E-state index in [9.17, 15) is 0 Å². The molecule has 0 bridgehead atoms. The van der Waals surface area contributed by atoms with E-state index in [0.717, 1.165) is 23.8 Å². The van der Waals surface area contributed by atoms with Crippen LogP contribution >= 0.6 is 23.5 Å². The lowest BCUT2D eigenvalue weighted by atomic mass is 10.1. The van der Waals surface area contributed by atoms with Crippen molar-refractivity contribution in [3.8, 4) is 5.75 Å². The largest absolute Gasteiger partial charge is 0.443 e. The number of hydrogen-bond acceptors (Lipinski definition) is 4. The van der Waals surface area contributed by atoms with Crippen molar-refractivity contribution in [3.05, 3.63) is 119 Å². The van der Waals surface area contributed by atoms with Crippen molar-refractivity contribution in [3.63, 3.8) is 0 Å². The summed E-state index contributed by atoms with van der Waals surface area (Å²) in [5.74, 6) is 1.56. The highest BCUT2D eigenvalue weighted by Gasteiger charge is 2.19. The normalized spacial score (nSPS) is 13.1. The summed E-state index contributed by atoms with van der Waals surface area (Å²) >= 11 is 3.75. The summed E-state index contributed by atoms with van der Waals surface area (Å²) in [5.41, 5.74) is 6.40. The van der Waals surface area contributed by atoms with Crippen LogP contribution in [0.15, 0.2) is 112 Å². The first-order chi connectivity index (χ1) is 17.6. The second kappa shape index (κ2) is 11.9. The lowest BCUT2D eigenvalue weighted by Crippen LogP contribution is -2.14. The summed E-state index contributed by atoms with van der Waals surface area (Å²) in [6, 6.07) is 34.1. The minimum Gasteiger partial charge on any atom is -0.443 e. The molecule has 0 spiro atoms. The lowest BCUT2D eigenvalue weighted by molar-refractivity contribution is 0.535. The van der Waals surface area contributed by atoms with Gasteiger partial charge in [-0.15, -0.1) is 23.5 Å². The van der Waals surface area contributed by atoms with Crippen LogP contribution in [0.3, 0.4) is 0 Å². The zero-order valence-electron chi connectivity index (χ0n) is 20.8.